The number of hydrogen-bond acceptors (Lipinski definition) is 2. The summed E-state index contributed by atoms with van der Waals surface area (Å²) in [5.41, 5.74) is 0.0119. The summed E-state index contributed by atoms with van der Waals surface area (Å²) in [5, 5.41) is 0. The lowest BCUT2D eigenvalue weighted by molar-refractivity contribution is 0.411. The predicted molar refractivity (Wildman–Crippen MR) is 55.4 cm³/mol. The first-order chi connectivity index (χ1) is 8.06. The van der Waals surface area contributed by atoms with E-state index in [9.17, 15) is 13.2 Å². The van der Waals surface area contributed by atoms with E-state index in [1.54, 1.807) is 0 Å². The third-order valence-electron chi connectivity index (χ3n) is 2.08. The van der Waals surface area contributed by atoms with Crippen LogP contribution < -0.4 is 4.74 Å². The average Bonchev–Trinajstić information content (AvgIpc) is 2.26. The summed E-state index contributed by atoms with van der Waals surface area (Å²) in [7, 11) is 0. The van der Waals surface area contributed by atoms with Gasteiger partial charge in [0.1, 0.15) is 17.4 Å². The molecule has 0 amide bonds. The van der Waals surface area contributed by atoms with Crippen molar-refractivity contribution in [3.63, 3.8) is 0 Å². The van der Waals surface area contributed by atoms with Crippen LogP contribution in [0.25, 0.3) is 0 Å². The molecule has 1 aromatic carbocycles. The molecule has 5 heteroatoms. The van der Waals surface area contributed by atoms with Gasteiger partial charge >= 0.3 is 0 Å². The number of pyridine rings is 1. The van der Waals surface area contributed by atoms with Gasteiger partial charge in [-0.15, -0.1) is 0 Å². The van der Waals surface area contributed by atoms with Gasteiger partial charge < -0.3 is 4.74 Å². The molecule has 88 valence electrons. The minimum absolute atomic E-state index is 0.0119. The zero-order valence-electron chi connectivity index (χ0n) is 8.88. The summed E-state index contributed by atoms with van der Waals surface area (Å²) in [6.45, 7) is 1.38. The topological polar surface area (TPSA) is 22.1 Å². The van der Waals surface area contributed by atoms with Crippen molar-refractivity contribution in [2.75, 3.05) is 0 Å². The Morgan fingerprint density at radius 3 is 2.53 bits per heavy atom. The molecule has 1 heterocycles. The highest BCUT2D eigenvalue weighted by Crippen LogP contribution is 2.24. The first-order valence-electron chi connectivity index (χ1n) is 4.82. The molecule has 0 bridgehead atoms. The summed E-state index contributed by atoms with van der Waals surface area (Å²) < 4.78 is 44.1. The van der Waals surface area contributed by atoms with Crippen molar-refractivity contribution in [3.05, 3.63) is 53.5 Å². The van der Waals surface area contributed by atoms with E-state index in [2.05, 4.69) is 4.98 Å². The summed E-state index contributed by atoms with van der Waals surface area (Å²) in [6.07, 6.45) is 0. The van der Waals surface area contributed by atoms with Gasteiger partial charge in [0.25, 0.3) is 5.88 Å². The van der Waals surface area contributed by atoms with Crippen molar-refractivity contribution in [2.24, 2.45) is 0 Å². The van der Waals surface area contributed by atoms with E-state index in [-0.39, 0.29) is 17.3 Å². The molecule has 0 atom stereocenters. The van der Waals surface area contributed by atoms with E-state index in [0.717, 1.165) is 6.07 Å². The molecule has 0 unspecified atom stereocenters. The molecule has 17 heavy (non-hydrogen) atoms. The highest BCUT2D eigenvalue weighted by atomic mass is 19.1. The highest BCUT2D eigenvalue weighted by Gasteiger charge is 2.11. The van der Waals surface area contributed by atoms with E-state index < -0.39 is 17.5 Å². The van der Waals surface area contributed by atoms with Crippen molar-refractivity contribution < 1.29 is 17.9 Å². The molecule has 0 aliphatic carbocycles. The van der Waals surface area contributed by atoms with E-state index in [1.807, 2.05) is 0 Å². The number of halogens is 3. The highest BCUT2D eigenvalue weighted by molar-refractivity contribution is 5.29. The molecule has 1 aromatic heterocycles. The second-order valence-corrected chi connectivity index (χ2v) is 3.40. The van der Waals surface area contributed by atoms with Gasteiger partial charge in [0.05, 0.1) is 5.69 Å². The lowest BCUT2D eigenvalue weighted by Gasteiger charge is -2.06. The summed E-state index contributed by atoms with van der Waals surface area (Å²) in [4.78, 5) is 3.60. The molecule has 0 radical (unpaired) electrons. The number of hydrogen-bond donors (Lipinski definition) is 0. The molecule has 2 aromatic rings. The van der Waals surface area contributed by atoms with Crippen molar-refractivity contribution in [1.82, 2.24) is 4.98 Å². The molecule has 2 nitrogen and oxygen atoms in total. The molecular formula is C12H8F3NO. The molecule has 0 saturated heterocycles. The minimum atomic E-state index is -0.933. The van der Waals surface area contributed by atoms with Gasteiger partial charge in [0.2, 0.25) is 0 Å². The van der Waals surface area contributed by atoms with Crippen molar-refractivity contribution in [1.29, 1.82) is 0 Å². The quantitative estimate of drug-likeness (QED) is 0.798. The second kappa shape index (κ2) is 4.45. The normalized spacial score (nSPS) is 10.4. The largest absolute Gasteiger partial charge is 0.436 e. The van der Waals surface area contributed by atoms with Gasteiger partial charge in [-0.2, -0.15) is 0 Å². The number of aryl methyl sites for hydroxylation is 1. The number of nitrogens with zero attached hydrogens (tertiary/aromatic N) is 1. The summed E-state index contributed by atoms with van der Waals surface area (Å²) in [6, 6.07) is 5.85. The van der Waals surface area contributed by atoms with Gasteiger partial charge in [-0.05, 0) is 19.1 Å². The smallest absolute Gasteiger partial charge is 0.256 e. The Labute approximate surface area is 95.7 Å². The molecular weight excluding hydrogens is 231 g/mol. The summed E-state index contributed by atoms with van der Waals surface area (Å²) in [5.74, 6) is -2.48. The van der Waals surface area contributed by atoms with E-state index in [0.29, 0.717) is 6.07 Å². The van der Waals surface area contributed by atoms with Gasteiger partial charge in [-0.3, -0.25) is 0 Å². The molecule has 0 aliphatic heterocycles. The molecule has 0 aliphatic rings. The third kappa shape index (κ3) is 2.55. The number of aromatic nitrogens is 1. The van der Waals surface area contributed by atoms with Gasteiger partial charge in [-0.25, -0.2) is 18.2 Å². The first kappa shape index (κ1) is 11.4. The standard InChI is InChI=1S/C12H8F3NO/c1-7-10(14)6-11(15)12(16-7)17-9-4-2-3-8(13)5-9/h2-6H,1H3. The van der Waals surface area contributed by atoms with Crippen LogP contribution in [0.1, 0.15) is 5.69 Å². The lowest BCUT2D eigenvalue weighted by Crippen LogP contribution is -1.97. The van der Waals surface area contributed by atoms with E-state index in [1.165, 1.54) is 25.1 Å². The van der Waals surface area contributed by atoms with Crippen molar-refractivity contribution in [3.8, 4) is 11.6 Å². The Kier molecular flexibility index (Phi) is 2.99. The molecule has 0 saturated carbocycles. The van der Waals surface area contributed by atoms with Crippen LogP contribution in [0.3, 0.4) is 0 Å². The zero-order valence-corrected chi connectivity index (χ0v) is 8.88. The fourth-order valence-corrected chi connectivity index (χ4v) is 1.25. The minimum Gasteiger partial charge on any atom is -0.436 e. The fraction of sp³-hybridized carbons (Fsp3) is 0.0833. The SMILES string of the molecule is Cc1nc(Oc2cccc(F)c2)c(F)cc1F. The molecule has 0 N–H and O–H groups in total. The van der Waals surface area contributed by atoms with Gasteiger partial charge in [0.15, 0.2) is 5.82 Å². The van der Waals surface area contributed by atoms with E-state index in [4.69, 9.17) is 4.74 Å². The van der Waals surface area contributed by atoms with Crippen LogP contribution in [0.5, 0.6) is 11.6 Å². The van der Waals surface area contributed by atoms with Crippen molar-refractivity contribution in [2.45, 2.75) is 6.92 Å². The Balaban J connectivity index is 2.33. The Hall–Kier alpha value is -2.04. The van der Waals surface area contributed by atoms with E-state index >= 15 is 0 Å². The maximum atomic E-state index is 13.3. The van der Waals surface area contributed by atoms with Crippen LogP contribution in [0.4, 0.5) is 13.2 Å². The first-order valence-corrected chi connectivity index (χ1v) is 4.82. The predicted octanol–water partition coefficient (Wildman–Crippen LogP) is 3.60. The Morgan fingerprint density at radius 1 is 1.06 bits per heavy atom. The summed E-state index contributed by atoms with van der Waals surface area (Å²) >= 11 is 0. The average molecular weight is 239 g/mol. The third-order valence-corrected chi connectivity index (χ3v) is 2.08. The second-order valence-electron chi connectivity index (χ2n) is 3.40. The molecule has 0 fully saturated rings. The Bertz CT molecular complexity index is 557. The zero-order chi connectivity index (χ0) is 12.4. The molecule has 0 spiro atoms. The monoisotopic (exact) mass is 239 g/mol. The fourth-order valence-electron chi connectivity index (χ4n) is 1.25. The molecule has 2 rings (SSSR count). The van der Waals surface area contributed by atoms with Crippen LogP contribution in [0, 0.1) is 24.4 Å². The Morgan fingerprint density at radius 2 is 1.82 bits per heavy atom. The lowest BCUT2D eigenvalue weighted by atomic mass is 10.3. The number of ether oxygens (including phenoxy) is 1. The van der Waals surface area contributed by atoms with Crippen LogP contribution in [0.2, 0.25) is 0 Å². The van der Waals surface area contributed by atoms with Crippen LogP contribution >= 0.6 is 0 Å². The number of rotatable bonds is 2. The van der Waals surface area contributed by atoms with Crippen LogP contribution in [0.15, 0.2) is 30.3 Å². The van der Waals surface area contributed by atoms with Crippen LogP contribution in [-0.2, 0) is 0 Å². The maximum absolute atomic E-state index is 13.3. The number of benzene rings is 1. The maximum Gasteiger partial charge on any atom is 0.256 e. The van der Waals surface area contributed by atoms with Gasteiger partial charge in [-0.1, -0.05) is 6.07 Å². The van der Waals surface area contributed by atoms with Gasteiger partial charge in [0, 0.05) is 12.1 Å². The van der Waals surface area contributed by atoms with Crippen molar-refractivity contribution >= 4 is 0 Å². The van der Waals surface area contributed by atoms with Crippen LogP contribution in [-0.4, -0.2) is 4.98 Å².